The van der Waals surface area contributed by atoms with Gasteiger partial charge >= 0.3 is 0 Å². The van der Waals surface area contributed by atoms with Gasteiger partial charge in [-0.15, -0.1) is 11.3 Å². The fourth-order valence-corrected chi connectivity index (χ4v) is 4.94. The van der Waals surface area contributed by atoms with Crippen molar-refractivity contribution in [3.05, 3.63) is 109 Å². The van der Waals surface area contributed by atoms with Gasteiger partial charge in [-0.05, 0) is 36.4 Å². The molecule has 0 unspecified atom stereocenters. The topological polar surface area (TPSA) is 120 Å². The zero-order valence-corrected chi connectivity index (χ0v) is 18.8. The summed E-state index contributed by atoms with van der Waals surface area (Å²) in [5.74, 6) is -0.894. The summed E-state index contributed by atoms with van der Waals surface area (Å²) in [5.41, 5.74) is 1.42. The number of benzene rings is 3. The van der Waals surface area contributed by atoms with Gasteiger partial charge in [-0.1, -0.05) is 41.7 Å². The van der Waals surface area contributed by atoms with Crippen molar-refractivity contribution in [1.29, 1.82) is 0 Å². The third-order valence-corrected chi connectivity index (χ3v) is 6.71. The quantitative estimate of drug-likeness (QED) is 0.206. The van der Waals surface area contributed by atoms with Crippen LogP contribution in [0.5, 0.6) is 0 Å². The number of carbonyl (C=O) groups excluding carboxylic acids is 2. The van der Waals surface area contributed by atoms with Crippen LogP contribution in [0, 0.1) is 10.1 Å². The van der Waals surface area contributed by atoms with E-state index >= 15 is 0 Å². The van der Waals surface area contributed by atoms with Crippen LogP contribution in [0.25, 0.3) is 15.9 Å². The Morgan fingerprint density at radius 3 is 2.29 bits per heavy atom. The molecular formula is C23H13N5O4S2. The maximum Gasteiger partial charge on any atom is 0.279 e. The average Bonchev–Trinajstić information content (AvgIpc) is 3.49. The lowest BCUT2D eigenvalue weighted by Gasteiger charge is -2.01. The van der Waals surface area contributed by atoms with Crippen molar-refractivity contribution >= 4 is 50.3 Å². The van der Waals surface area contributed by atoms with Crippen molar-refractivity contribution < 1.29 is 14.5 Å². The highest BCUT2D eigenvalue weighted by Crippen LogP contribution is 2.24. The summed E-state index contributed by atoms with van der Waals surface area (Å²) in [4.78, 5) is 45.1. The Morgan fingerprint density at radius 2 is 1.59 bits per heavy atom. The van der Waals surface area contributed by atoms with Crippen LogP contribution in [0.2, 0.25) is 0 Å². The number of ketones is 1. The first-order chi connectivity index (χ1) is 16.5. The van der Waals surface area contributed by atoms with Gasteiger partial charge in [-0.25, -0.2) is 9.67 Å². The Balaban J connectivity index is 1.61. The van der Waals surface area contributed by atoms with E-state index in [1.54, 1.807) is 30.3 Å². The second kappa shape index (κ2) is 8.89. The Morgan fingerprint density at radius 1 is 0.882 bits per heavy atom. The van der Waals surface area contributed by atoms with E-state index in [1.807, 2.05) is 24.3 Å². The fourth-order valence-electron chi connectivity index (χ4n) is 3.12. The SMILES string of the molecule is O=C(N=c1sc(C(=O)c2nc3ccccc3s2)nn1-c1ccc([N+](=O)[O-])cc1)c1ccccc1. The standard InChI is InChI=1S/C23H13N5O4S2/c29-19(21-24-17-8-4-5-9-18(17)33-21)22-26-27(15-10-12-16(13-11-15)28(31)32)23(34-22)25-20(30)14-6-2-1-3-7-14/h1-13H. The normalized spacial score (nSPS) is 11.6. The molecule has 34 heavy (non-hydrogen) atoms. The second-order valence-electron chi connectivity index (χ2n) is 6.97. The number of nitro groups is 1. The van der Waals surface area contributed by atoms with Gasteiger partial charge < -0.3 is 0 Å². The van der Waals surface area contributed by atoms with Gasteiger partial charge in [0, 0.05) is 17.7 Å². The lowest BCUT2D eigenvalue weighted by atomic mass is 10.2. The number of non-ortho nitro benzene ring substituents is 1. The van der Waals surface area contributed by atoms with Crippen LogP contribution in [-0.4, -0.2) is 31.4 Å². The van der Waals surface area contributed by atoms with E-state index < -0.39 is 16.6 Å². The van der Waals surface area contributed by atoms with E-state index in [0.29, 0.717) is 16.8 Å². The Hall–Kier alpha value is -4.35. The number of hydrogen-bond donors (Lipinski definition) is 0. The van der Waals surface area contributed by atoms with Crippen molar-refractivity contribution in [1.82, 2.24) is 14.8 Å². The van der Waals surface area contributed by atoms with Gasteiger partial charge in [0.2, 0.25) is 4.80 Å². The van der Waals surface area contributed by atoms with E-state index in [0.717, 1.165) is 16.0 Å². The Bertz CT molecular complexity index is 1590. The molecule has 166 valence electrons. The highest BCUT2D eigenvalue weighted by molar-refractivity contribution is 7.21. The van der Waals surface area contributed by atoms with Gasteiger partial charge in [0.15, 0.2) is 10.0 Å². The summed E-state index contributed by atoms with van der Waals surface area (Å²) >= 11 is 2.20. The third-order valence-electron chi connectivity index (χ3n) is 4.77. The minimum absolute atomic E-state index is 0.0933. The fraction of sp³-hybridized carbons (Fsp3) is 0. The molecule has 0 aliphatic carbocycles. The van der Waals surface area contributed by atoms with Crippen LogP contribution in [0.4, 0.5) is 5.69 Å². The highest BCUT2D eigenvalue weighted by atomic mass is 32.1. The minimum atomic E-state index is -0.512. The van der Waals surface area contributed by atoms with Crippen molar-refractivity contribution in [3.8, 4) is 5.69 Å². The minimum Gasteiger partial charge on any atom is -0.283 e. The summed E-state index contributed by atoms with van der Waals surface area (Å²) < 4.78 is 2.20. The molecule has 0 aliphatic rings. The molecule has 0 aliphatic heterocycles. The highest BCUT2D eigenvalue weighted by Gasteiger charge is 2.21. The number of aromatic nitrogens is 3. The molecule has 3 aromatic carbocycles. The van der Waals surface area contributed by atoms with Crippen molar-refractivity contribution in [2.24, 2.45) is 4.99 Å². The molecule has 0 bridgehead atoms. The van der Waals surface area contributed by atoms with Crippen LogP contribution >= 0.6 is 22.7 Å². The summed E-state index contributed by atoms with van der Waals surface area (Å²) in [6.45, 7) is 0. The summed E-state index contributed by atoms with van der Waals surface area (Å²) in [5, 5.41) is 15.8. The maximum atomic E-state index is 13.2. The maximum absolute atomic E-state index is 13.2. The second-order valence-corrected chi connectivity index (χ2v) is 8.96. The van der Waals surface area contributed by atoms with Crippen LogP contribution in [0.3, 0.4) is 0 Å². The van der Waals surface area contributed by atoms with Crippen LogP contribution in [0.1, 0.15) is 25.2 Å². The van der Waals surface area contributed by atoms with E-state index in [9.17, 15) is 19.7 Å². The molecule has 0 fully saturated rings. The summed E-state index contributed by atoms with van der Waals surface area (Å²) in [6.07, 6.45) is 0. The molecular weight excluding hydrogens is 474 g/mol. The molecule has 0 atom stereocenters. The summed E-state index contributed by atoms with van der Waals surface area (Å²) in [7, 11) is 0. The average molecular weight is 488 g/mol. The van der Waals surface area contributed by atoms with Gasteiger partial charge in [0.05, 0.1) is 20.8 Å². The molecule has 0 spiro atoms. The molecule has 5 rings (SSSR count). The molecule has 1 amide bonds. The number of nitro benzene ring substituents is 1. The molecule has 2 heterocycles. The molecule has 0 saturated carbocycles. The number of fused-ring (bicyclic) bond motifs is 1. The molecule has 9 nitrogen and oxygen atoms in total. The number of nitrogens with zero attached hydrogens (tertiary/aromatic N) is 5. The van der Waals surface area contributed by atoms with E-state index in [1.165, 1.54) is 40.3 Å². The lowest BCUT2D eigenvalue weighted by molar-refractivity contribution is -0.384. The van der Waals surface area contributed by atoms with Crippen molar-refractivity contribution in [2.45, 2.75) is 0 Å². The van der Waals surface area contributed by atoms with E-state index in [4.69, 9.17) is 0 Å². The van der Waals surface area contributed by atoms with Crippen LogP contribution < -0.4 is 4.80 Å². The molecule has 0 N–H and O–H groups in total. The monoisotopic (exact) mass is 487 g/mol. The van der Waals surface area contributed by atoms with Gasteiger partial charge in [-0.2, -0.15) is 10.1 Å². The predicted molar refractivity (Wildman–Crippen MR) is 127 cm³/mol. The molecule has 2 aromatic heterocycles. The zero-order valence-electron chi connectivity index (χ0n) is 17.2. The van der Waals surface area contributed by atoms with Gasteiger partial charge in [-0.3, -0.25) is 19.7 Å². The zero-order chi connectivity index (χ0) is 23.7. The first kappa shape index (κ1) is 21.5. The predicted octanol–water partition coefficient (Wildman–Crippen LogP) is 4.42. The Kier molecular flexibility index (Phi) is 5.62. The van der Waals surface area contributed by atoms with Crippen molar-refractivity contribution in [2.75, 3.05) is 0 Å². The smallest absolute Gasteiger partial charge is 0.279 e. The molecule has 5 aromatic rings. The first-order valence-corrected chi connectivity index (χ1v) is 11.5. The Labute approximate surface area is 199 Å². The number of amides is 1. The number of hydrogen-bond acceptors (Lipinski definition) is 8. The number of thiazole rings is 1. The number of para-hydroxylation sites is 1. The third kappa shape index (κ3) is 4.17. The summed E-state index contributed by atoms with van der Waals surface area (Å²) in [6, 6.07) is 21.5. The lowest BCUT2D eigenvalue weighted by Crippen LogP contribution is -2.16. The van der Waals surface area contributed by atoms with E-state index in [-0.39, 0.29) is 20.5 Å². The molecule has 0 radical (unpaired) electrons. The van der Waals surface area contributed by atoms with Crippen LogP contribution in [0.15, 0.2) is 83.9 Å². The van der Waals surface area contributed by atoms with E-state index in [2.05, 4.69) is 15.1 Å². The number of carbonyl (C=O) groups is 2. The number of rotatable bonds is 5. The van der Waals surface area contributed by atoms with Crippen LogP contribution in [-0.2, 0) is 0 Å². The first-order valence-electron chi connectivity index (χ1n) is 9.89. The van der Waals surface area contributed by atoms with Crippen molar-refractivity contribution in [3.63, 3.8) is 0 Å². The largest absolute Gasteiger partial charge is 0.283 e. The molecule has 0 saturated heterocycles. The molecule has 11 heteroatoms. The van der Waals surface area contributed by atoms with Gasteiger partial charge in [0.1, 0.15) is 0 Å². The van der Waals surface area contributed by atoms with Gasteiger partial charge in [0.25, 0.3) is 17.4 Å².